The normalized spacial score (nSPS) is 33.5. The van der Waals surface area contributed by atoms with Gasteiger partial charge >= 0.3 is 0 Å². The zero-order valence-corrected chi connectivity index (χ0v) is 16.0. The summed E-state index contributed by atoms with van der Waals surface area (Å²) in [7, 11) is 0. The molecular weight excluding hydrogens is 346 g/mol. The van der Waals surface area contributed by atoms with Gasteiger partial charge in [0.25, 0.3) is 0 Å². The second-order valence-corrected chi connectivity index (χ2v) is 9.22. The molecule has 2 atom stereocenters. The number of thioether (sulfide) groups is 1. The van der Waals surface area contributed by atoms with Gasteiger partial charge in [-0.25, -0.2) is 0 Å². The Bertz CT molecular complexity index is 508. The van der Waals surface area contributed by atoms with Gasteiger partial charge < -0.3 is 15.1 Å². The van der Waals surface area contributed by atoms with Gasteiger partial charge in [0, 0.05) is 31.3 Å². The van der Waals surface area contributed by atoms with Gasteiger partial charge in [0.1, 0.15) is 6.04 Å². The molecule has 1 N–H and O–H groups in total. The summed E-state index contributed by atoms with van der Waals surface area (Å²) in [6, 6.07) is 0.340. The first-order chi connectivity index (χ1) is 11.1. The third-order valence-corrected chi connectivity index (χ3v) is 7.43. The van der Waals surface area contributed by atoms with Crippen LogP contribution in [0, 0.1) is 5.92 Å². The molecule has 3 aliphatic heterocycles. The predicted octanol–water partition coefficient (Wildman–Crippen LogP) is 1.85. The monoisotopic (exact) mass is 373 g/mol. The number of likely N-dealkylation sites (tertiary alicyclic amines) is 1. The van der Waals surface area contributed by atoms with Crippen LogP contribution in [0.3, 0.4) is 0 Å². The molecule has 0 aromatic heterocycles. The number of piperidine rings is 1. The fourth-order valence-corrected chi connectivity index (χ4v) is 5.60. The largest absolute Gasteiger partial charge is 0.341 e. The van der Waals surface area contributed by atoms with E-state index in [0.29, 0.717) is 12.5 Å². The zero-order chi connectivity index (χ0) is 16.0. The molecule has 0 bridgehead atoms. The Balaban J connectivity index is 0.00000169. The summed E-state index contributed by atoms with van der Waals surface area (Å²) in [6.45, 7) is 4.94. The summed E-state index contributed by atoms with van der Waals surface area (Å²) in [5, 5.41) is 3.66. The number of carbonyl (C=O) groups excluding carboxylic acids is 2. The fraction of sp³-hybridized carbons (Fsp3) is 0.882. The van der Waals surface area contributed by atoms with Crippen molar-refractivity contribution in [1.29, 1.82) is 0 Å². The number of hydrogen-bond donors (Lipinski definition) is 1. The number of carbonyl (C=O) groups is 2. The highest BCUT2D eigenvalue weighted by molar-refractivity contribution is 8.01. The van der Waals surface area contributed by atoms with Crippen LogP contribution in [0.25, 0.3) is 0 Å². The lowest BCUT2D eigenvalue weighted by atomic mass is 10.0. The molecule has 5 nitrogen and oxygen atoms in total. The molecule has 0 aromatic rings. The standard InChI is InChI=1S/C17H27N3O2S.ClH/c1-17-7-4-15(21)20(17)14(11-23-17)16(22)19-8-5-13(6-9-19)18-10-12-2-3-12;/h12-14,18H,2-11H2,1H3;1H. The van der Waals surface area contributed by atoms with Crippen molar-refractivity contribution in [3.63, 3.8) is 0 Å². The minimum Gasteiger partial charge on any atom is -0.341 e. The first kappa shape index (κ1) is 18.3. The average molecular weight is 374 g/mol. The van der Waals surface area contributed by atoms with E-state index in [1.54, 1.807) is 11.8 Å². The van der Waals surface area contributed by atoms with Gasteiger partial charge in [0.2, 0.25) is 11.8 Å². The summed E-state index contributed by atoms with van der Waals surface area (Å²) in [6.07, 6.45) is 6.33. The first-order valence-electron chi connectivity index (χ1n) is 9.05. The lowest BCUT2D eigenvalue weighted by Crippen LogP contribution is -2.54. The van der Waals surface area contributed by atoms with Crippen molar-refractivity contribution < 1.29 is 9.59 Å². The Kier molecular flexibility index (Phi) is 5.38. The maximum Gasteiger partial charge on any atom is 0.246 e. The molecule has 3 heterocycles. The van der Waals surface area contributed by atoms with Gasteiger partial charge in [0.15, 0.2) is 0 Å². The summed E-state index contributed by atoms with van der Waals surface area (Å²) in [5.74, 6) is 2.01. The predicted molar refractivity (Wildman–Crippen MR) is 98.3 cm³/mol. The van der Waals surface area contributed by atoms with Crippen LogP contribution in [0.1, 0.15) is 45.4 Å². The number of nitrogens with zero attached hydrogens (tertiary/aromatic N) is 2. The Labute approximate surface area is 154 Å². The molecule has 4 aliphatic rings. The number of nitrogens with one attached hydrogen (secondary N) is 1. The maximum atomic E-state index is 12.9. The van der Waals surface area contributed by atoms with Gasteiger partial charge in [-0.2, -0.15) is 0 Å². The van der Waals surface area contributed by atoms with Crippen LogP contribution < -0.4 is 5.32 Å². The number of hydrogen-bond acceptors (Lipinski definition) is 4. The van der Waals surface area contributed by atoms with Crippen LogP contribution in [0.15, 0.2) is 0 Å². The molecule has 3 saturated heterocycles. The highest BCUT2D eigenvalue weighted by atomic mass is 35.5. The van der Waals surface area contributed by atoms with Crippen LogP contribution >= 0.6 is 24.2 Å². The van der Waals surface area contributed by atoms with Gasteiger partial charge in [-0.15, -0.1) is 24.2 Å². The molecule has 0 radical (unpaired) electrons. The Morgan fingerprint density at radius 1 is 1.29 bits per heavy atom. The SMILES string of the molecule is CC12CCC(=O)N1C(C(=O)N1CCC(NCC3CC3)CC1)CS2.Cl. The van der Waals surface area contributed by atoms with E-state index in [9.17, 15) is 9.59 Å². The third-order valence-electron chi connectivity index (χ3n) is 5.93. The average Bonchev–Trinajstić information content (AvgIpc) is 3.26. The van der Waals surface area contributed by atoms with Crippen molar-refractivity contribution >= 4 is 36.0 Å². The summed E-state index contributed by atoms with van der Waals surface area (Å²) >= 11 is 1.78. The lowest BCUT2D eigenvalue weighted by Gasteiger charge is -2.36. The first-order valence-corrected chi connectivity index (χ1v) is 10.0. The van der Waals surface area contributed by atoms with Gasteiger partial charge in [-0.05, 0) is 51.5 Å². The zero-order valence-electron chi connectivity index (χ0n) is 14.3. The van der Waals surface area contributed by atoms with E-state index in [4.69, 9.17) is 0 Å². The maximum absolute atomic E-state index is 12.9. The van der Waals surface area contributed by atoms with Crippen LogP contribution in [0.4, 0.5) is 0 Å². The van der Waals surface area contributed by atoms with Crippen LogP contribution in [0.2, 0.25) is 0 Å². The summed E-state index contributed by atoms with van der Waals surface area (Å²) in [5.41, 5.74) is 0. The third kappa shape index (κ3) is 3.42. The smallest absolute Gasteiger partial charge is 0.246 e. The second kappa shape index (κ2) is 7.04. The van der Waals surface area contributed by atoms with E-state index < -0.39 is 0 Å². The number of rotatable bonds is 4. The lowest BCUT2D eigenvalue weighted by molar-refractivity contribution is -0.144. The molecule has 136 valence electrons. The van der Waals surface area contributed by atoms with E-state index in [1.807, 2.05) is 9.80 Å². The Morgan fingerprint density at radius 3 is 2.67 bits per heavy atom. The molecule has 1 saturated carbocycles. The van der Waals surface area contributed by atoms with Crippen molar-refractivity contribution in [2.75, 3.05) is 25.4 Å². The molecular formula is C17H28ClN3O2S. The summed E-state index contributed by atoms with van der Waals surface area (Å²) < 4.78 is 0. The molecule has 0 spiro atoms. The van der Waals surface area contributed by atoms with E-state index >= 15 is 0 Å². The minimum atomic E-state index is -0.226. The fourth-order valence-electron chi connectivity index (χ4n) is 4.17. The molecule has 2 unspecified atom stereocenters. The van der Waals surface area contributed by atoms with E-state index in [-0.39, 0.29) is 35.1 Å². The van der Waals surface area contributed by atoms with Crippen molar-refractivity contribution in [1.82, 2.24) is 15.1 Å². The Morgan fingerprint density at radius 2 is 2.00 bits per heavy atom. The van der Waals surface area contributed by atoms with Crippen LogP contribution in [-0.4, -0.2) is 64.0 Å². The minimum absolute atomic E-state index is 0. The van der Waals surface area contributed by atoms with Crippen molar-refractivity contribution in [2.24, 2.45) is 5.92 Å². The van der Waals surface area contributed by atoms with Gasteiger partial charge in [-0.1, -0.05) is 0 Å². The molecule has 1 aliphatic carbocycles. The molecule has 2 amide bonds. The number of amides is 2. The topological polar surface area (TPSA) is 52.7 Å². The molecule has 4 rings (SSSR count). The number of fused-ring (bicyclic) bond motifs is 1. The van der Waals surface area contributed by atoms with Crippen LogP contribution in [0.5, 0.6) is 0 Å². The molecule has 24 heavy (non-hydrogen) atoms. The highest BCUT2D eigenvalue weighted by Crippen LogP contribution is 2.47. The van der Waals surface area contributed by atoms with Gasteiger partial charge in [-0.3, -0.25) is 9.59 Å². The van der Waals surface area contributed by atoms with Crippen molar-refractivity contribution in [3.8, 4) is 0 Å². The highest BCUT2D eigenvalue weighted by Gasteiger charge is 2.53. The molecule has 0 aromatic carbocycles. The molecule has 7 heteroatoms. The number of halogens is 1. The van der Waals surface area contributed by atoms with E-state index in [2.05, 4.69) is 12.2 Å². The quantitative estimate of drug-likeness (QED) is 0.817. The Hall–Kier alpha value is -0.460. The second-order valence-electron chi connectivity index (χ2n) is 7.72. The van der Waals surface area contributed by atoms with E-state index in [1.165, 1.54) is 12.8 Å². The van der Waals surface area contributed by atoms with E-state index in [0.717, 1.165) is 50.6 Å². The van der Waals surface area contributed by atoms with Crippen molar-refractivity contribution in [2.45, 2.75) is 62.4 Å². The van der Waals surface area contributed by atoms with Crippen LogP contribution in [-0.2, 0) is 9.59 Å². The van der Waals surface area contributed by atoms with Crippen molar-refractivity contribution in [3.05, 3.63) is 0 Å². The summed E-state index contributed by atoms with van der Waals surface area (Å²) in [4.78, 5) is 28.9. The molecule has 4 fully saturated rings. The van der Waals surface area contributed by atoms with Gasteiger partial charge in [0.05, 0.1) is 4.87 Å².